The molecule has 150 valence electrons. The third-order valence-electron chi connectivity index (χ3n) is 6.04. The number of likely N-dealkylation sites (tertiary alicyclic amines) is 1. The third kappa shape index (κ3) is 3.90. The van der Waals surface area contributed by atoms with Gasteiger partial charge >= 0.3 is 0 Å². The Morgan fingerprint density at radius 1 is 1.11 bits per heavy atom. The number of piperazine rings is 1. The Labute approximate surface area is 165 Å². The number of halogens is 1. The molecule has 2 aromatic rings. The summed E-state index contributed by atoms with van der Waals surface area (Å²) < 4.78 is 14.9. The summed E-state index contributed by atoms with van der Waals surface area (Å²) in [6, 6.07) is 9.00. The lowest BCUT2D eigenvalue weighted by Crippen LogP contribution is -2.55. The molecule has 0 N–H and O–H groups in total. The molecule has 0 radical (unpaired) electrons. The molecule has 0 aliphatic carbocycles. The van der Waals surface area contributed by atoms with Gasteiger partial charge in [-0.25, -0.2) is 4.39 Å². The average Bonchev–Trinajstić information content (AvgIpc) is 3.07. The molecule has 1 amide bonds. The van der Waals surface area contributed by atoms with Gasteiger partial charge in [-0.05, 0) is 50.1 Å². The van der Waals surface area contributed by atoms with Crippen molar-refractivity contribution in [2.45, 2.75) is 25.8 Å². The fraction of sp³-hybridized carbons (Fsp3) is 0.524. The van der Waals surface area contributed by atoms with Gasteiger partial charge in [0.25, 0.3) is 5.91 Å². The zero-order chi connectivity index (χ0) is 19.7. The lowest BCUT2D eigenvalue weighted by Gasteiger charge is -2.43. The Balaban J connectivity index is 1.35. The number of rotatable bonds is 3. The van der Waals surface area contributed by atoms with Gasteiger partial charge in [-0.3, -0.25) is 14.4 Å². The molecular weight excluding hydrogens is 357 g/mol. The highest BCUT2D eigenvalue weighted by Crippen LogP contribution is 2.22. The molecule has 0 bridgehead atoms. The lowest BCUT2D eigenvalue weighted by molar-refractivity contribution is 0.0557. The first-order valence-corrected chi connectivity index (χ1v) is 10.1. The summed E-state index contributed by atoms with van der Waals surface area (Å²) in [5.41, 5.74) is 2.61. The number of benzene rings is 1. The number of carbonyl (C=O) groups excluding carboxylic acids is 1. The summed E-state index contributed by atoms with van der Waals surface area (Å²) in [4.78, 5) is 19.6. The van der Waals surface area contributed by atoms with Crippen molar-refractivity contribution in [1.29, 1.82) is 0 Å². The van der Waals surface area contributed by atoms with E-state index in [0.29, 0.717) is 11.7 Å². The predicted molar refractivity (Wildman–Crippen MR) is 107 cm³/mol. The van der Waals surface area contributed by atoms with E-state index in [4.69, 9.17) is 0 Å². The summed E-state index contributed by atoms with van der Waals surface area (Å²) in [6.07, 6.45) is 2.15. The number of aromatic nitrogens is 2. The van der Waals surface area contributed by atoms with Crippen LogP contribution >= 0.6 is 0 Å². The van der Waals surface area contributed by atoms with Crippen molar-refractivity contribution in [3.05, 3.63) is 47.5 Å². The van der Waals surface area contributed by atoms with E-state index < -0.39 is 0 Å². The number of nitrogens with zero attached hydrogens (tertiary/aromatic N) is 5. The molecule has 1 aromatic carbocycles. The Bertz CT molecular complexity index is 806. The van der Waals surface area contributed by atoms with Crippen LogP contribution in [0.25, 0.3) is 0 Å². The summed E-state index contributed by atoms with van der Waals surface area (Å²) in [7, 11) is 1.87. The van der Waals surface area contributed by atoms with Crippen LogP contribution in [0, 0.1) is 12.7 Å². The highest BCUT2D eigenvalue weighted by atomic mass is 19.1. The van der Waals surface area contributed by atoms with Crippen LogP contribution in [0.4, 0.5) is 10.1 Å². The highest BCUT2D eigenvalue weighted by Gasteiger charge is 2.31. The lowest BCUT2D eigenvalue weighted by atomic mass is 10.0. The molecule has 0 saturated carbocycles. The second-order valence-electron chi connectivity index (χ2n) is 7.84. The van der Waals surface area contributed by atoms with Crippen LogP contribution in [0.5, 0.6) is 0 Å². The van der Waals surface area contributed by atoms with Crippen molar-refractivity contribution in [3.8, 4) is 0 Å². The minimum absolute atomic E-state index is 0.0401. The second-order valence-corrected chi connectivity index (χ2v) is 7.84. The molecule has 1 atom stereocenters. The number of piperidine rings is 1. The van der Waals surface area contributed by atoms with E-state index in [2.05, 4.69) is 14.9 Å². The van der Waals surface area contributed by atoms with E-state index in [1.165, 1.54) is 12.1 Å². The first-order valence-electron chi connectivity index (χ1n) is 10.1. The molecule has 2 aliphatic heterocycles. The van der Waals surface area contributed by atoms with Crippen molar-refractivity contribution in [2.24, 2.45) is 7.05 Å². The Morgan fingerprint density at radius 2 is 1.82 bits per heavy atom. The minimum atomic E-state index is -0.197. The quantitative estimate of drug-likeness (QED) is 0.813. The van der Waals surface area contributed by atoms with Crippen molar-refractivity contribution in [2.75, 3.05) is 44.2 Å². The van der Waals surface area contributed by atoms with Crippen LogP contribution in [-0.4, -0.2) is 70.8 Å². The third-order valence-corrected chi connectivity index (χ3v) is 6.04. The fourth-order valence-electron chi connectivity index (χ4n) is 4.26. The molecule has 2 fully saturated rings. The van der Waals surface area contributed by atoms with Gasteiger partial charge in [-0.2, -0.15) is 5.10 Å². The van der Waals surface area contributed by atoms with Crippen LogP contribution in [0.2, 0.25) is 0 Å². The molecule has 1 unspecified atom stereocenters. The van der Waals surface area contributed by atoms with Crippen LogP contribution in [0.3, 0.4) is 0 Å². The SMILES string of the molecule is Cc1cc(C(=O)N2CCCC(N3CCN(c4ccc(F)cc4)CC3)C2)nn1C. The smallest absolute Gasteiger partial charge is 0.274 e. The van der Waals surface area contributed by atoms with Gasteiger partial charge in [0.2, 0.25) is 0 Å². The maximum Gasteiger partial charge on any atom is 0.274 e. The summed E-state index contributed by atoms with van der Waals surface area (Å²) >= 11 is 0. The molecule has 4 rings (SSSR count). The predicted octanol–water partition coefficient (Wildman–Crippen LogP) is 2.29. The topological polar surface area (TPSA) is 44.6 Å². The van der Waals surface area contributed by atoms with Gasteiger partial charge in [-0.1, -0.05) is 0 Å². The number of hydrogen-bond donors (Lipinski definition) is 0. The van der Waals surface area contributed by atoms with Gasteiger partial charge in [0.05, 0.1) is 0 Å². The van der Waals surface area contributed by atoms with Crippen molar-refractivity contribution in [1.82, 2.24) is 19.6 Å². The fourth-order valence-corrected chi connectivity index (χ4v) is 4.26. The minimum Gasteiger partial charge on any atom is -0.369 e. The van der Waals surface area contributed by atoms with E-state index in [0.717, 1.165) is 63.5 Å². The molecule has 28 heavy (non-hydrogen) atoms. The zero-order valence-corrected chi connectivity index (χ0v) is 16.6. The highest BCUT2D eigenvalue weighted by molar-refractivity contribution is 5.92. The van der Waals surface area contributed by atoms with Gasteiger partial charge in [-0.15, -0.1) is 0 Å². The second kappa shape index (κ2) is 7.91. The van der Waals surface area contributed by atoms with Crippen LogP contribution in [-0.2, 0) is 7.05 Å². The normalized spacial score (nSPS) is 21.2. The van der Waals surface area contributed by atoms with E-state index in [9.17, 15) is 9.18 Å². The number of anilines is 1. The number of aryl methyl sites for hydroxylation is 2. The molecule has 2 aliphatic rings. The summed E-state index contributed by atoms with van der Waals surface area (Å²) in [5, 5.41) is 4.35. The first kappa shape index (κ1) is 18.9. The van der Waals surface area contributed by atoms with Crippen LogP contribution in [0.15, 0.2) is 30.3 Å². The maximum absolute atomic E-state index is 13.1. The van der Waals surface area contributed by atoms with E-state index in [1.807, 2.05) is 37.1 Å². The van der Waals surface area contributed by atoms with Gasteiger partial charge < -0.3 is 9.80 Å². The molecule has 0 spiro atoms. The van der Waals surface area contributed by atoms with E-state index in [-0.39, 0.29) is 11.7 Å². The average molecular weight is 385 g/mol. The van der Waals surface area contributed by atoms with Crippen molar-refractivity contribution in [3.63, 3.8) is 0 Å². The number of hydrogen-bond acceptors (Lipinski definition) is 4. The Hall–Kier alpha value is -2.41. The molecule has 7 heteroatoms. The van der Waals surface area contributed by atoms with Gasteiger partial charge in [0.1, 0.15) is 5.82 Å². The molecule has 3 heterocycles. The summed E-state index contributed by atoms with van der Waals surface area (Å²) in [6.45, 7) is 7.32. The van der Waals surface area contributed by atoms with Crippen LogP contribution in [0.1, 0.15) is 29.0 Å². The van der Waals surface area contributed by atoms with E-state index >= 15 is 0 Å². The van der Waals surface area contributed by atoms with Crippen LogP contribution < -0.4 is 4.90 Å². The van der Waals surface area contributed by atoms with Crippen molar-refractivity contribution < 1.29 is 9.18 Å². The maximum atomic E-state index is 13.1. The number of carbonyl (C=O) groups is 1. The van der Waals surface area contributed by atoms with Gasteiger partial charge in [0.15, 0.2) is 5.69 Å². The van der Waals surface area contributed by atoms with E-state index in [1.54, 1.807) is 4.68 Å². The largest absolute Gasteiger partial charge is 0.369 e. The molecule has 6 nitrogen and oxygen atoms in total. The molecular formula is C21H28FN5O. The summed E-state index contributed by atoms with van der Waals surface area (Å²) in [5.74, 6) is -0.157. The molecule has 1 aromatic heterocycles. The standard InChI is InChI=1S/C21H28FN5O/c1-16-14-20(23-24(16)2)21(28)27-9-3-4-19(15-27)26-12-10-25(11-13-26)18-7-5-17(22)6-8-18/h5-8,14,19H,3-4,9-13,15H2,1-2H3. The molecule has 2 saturated heterocycles. The Kier molecular flexibility index (Phi) is 5.35. The Morgan fingerprint density at radius 3 is 2.46 bits per heavy atom. The monoisotopic (exact) mass is 385 g/mol. The number of amides is 1. The van der Waals surface area contributed by atoms with Crippen molar-refractivity contribution >= 4 is 11.6 Å². The van der Waals surface area contributed by atoms with Gasteiger partial charge in [0, 0.05) is 63.7 Å². The zero-order valence-electron chi connectivity index (χ0n) is 16.6. The first-order chi connectivity index (χ1) is 13.5.